The third-order valence-corrected chi connectivity index (χ3v) is 4.04. The number of benzene rings is 1. The molecule has 0 saturated heterocycles. The average Bonchev–Trinajstić information content (AvgIpc) is 2.60. The number of carbonyl (C=O) groups excluding carboxylic acids is 2. The second-order valence-electron chi connectivity index (χ2n) is 5.59. The molecule has 1 heterocycles. The molecule has 134 valence electrons. The summed E-state index contributed by atoms with van der Waals surface area (Å²) in [4.78, 5) is 35.3. The van der Waals surface area contributed by atoms with Crippen molar-refractivity contribution < 1.29 is 28.2 Å². The van der Waals surface area contributed by atoms with Gasteiger partial charge in [-0.05, 0) is 38.5 Å². The highest BCUT2D eigenvalue weighted by Crippen LogP contribution is 2.30. The van der Waals surface area contributed by atoms with Crippen LogP contribution in [0.5, 0.6) is 5.75 Å². The maximum Gasteiger partial charge on any atom is 0.346 e. The lowest BCUT2D eigenvalue weighted by Crippen LogP contribution is -2.25. The number of esters is 2. The highest BCUT2D eigenvalue weighted by molar-refractivity contribution is 5.87. The fraction of sp³-hybridized carbons (Fsp3) is 0.389. The molecular formula is C18H20O7. The number of hydrogen-bond donors (Lipinski definition) is 0. The molecule has 7 heteroatoms. The third kappa shape index (κ3) is 3.65. The van der Waals surface area contributed by atoms with Gasteiger partial charge in [0.25, 0.3) is 0 Å². The summed E-state index contributed by atoms with van der Waals surface area (Å²) in [5, 5.41) is 0.689. The van der Waals surface area contributed by atoms with E-state index in [1.165, 1.54) is 14.2 Å². The lowest BCUT2D eigenvalue weighted by atomic mass is 10.0. The monoisotopic (exact) mass is 348 g/mol. The first kappa shape index (κ1) is 18.5. The Morgan fingerprint density at radius 1 is 1.12 bits per heavy atom. The van der Waals surface area contributed by atoms with Crippen LogP contribution in [0.2, 0.25) is 0 Å². The van der Waals surface area contributed by atoms with E-state index < -0.39 is 23.7 Å². The molecule has 0 bridgehead atoms. The Kier molecular flexibility index (Phi) is 5.46. The SMILES string of the molecule is COC(=O)Cc1c(C)c2ccc(OC(C)C(=O)OC)c(C)c2oc1=O. The highest BCUT2D eigenvalue weighted by Gasteiger charge is 2.20. The van der Waals surface area contributed by atoms with Crippen LogP contribution in [0, 0.1) is 13.8 Å². The van der Waals surface area contributed by atoms with E-state index in [9.17, 15) is 14.4 Å². The fourth-order valence-corrected chi connectivity index (χ4v) is 2.52. The fourth-order valence-electron chi connectivity index (χ4n) is 2.52. The zero-order valence-electron chi connectivity index (χ0n) is 14.8. The molecule has 2 aromatic rings. The van der Waals surface area contributed by atoms with Crippen molar-refractivity contribution in [1.29, 1.82) is 0 Å². The molecule has 1 aromatic heterocycles. The predicted octanol–water partition coefficient (Wildman–Crippen LogP) is 2.07. The summed E-state index contributed by atoms with van der Waals surface area (Å²) < 4.78 is 20.2. The van der Waals surface area contributed by atoms with E-state index in [1.54, 1.807) is 32.9 Å². The van der Waals surface area contributed by atoms with Crippen molar-refractivity contribution in [1.82, 2.24) is 0 Å². The number of fused-ring (bicyclic) bond motifs is 1. The molecule has 25 heavy (non-hydrogen) atoms. The summed E-state index contributed by atoms with van der Waals surface area (Å²) >= 11 is 0. The summed E-state index contributed by atoms with van der Waals surface area (Å²) in [6.45, 7) is 5.04. The van der Waals surface area contributed by atoms with Crippen LogP contribution in [0.3, 0.4) is 0 Å². The first-order chi connectivity index (χ1) is 11.8. The van der Waals surface area contributed by atoms with Gasteiger partial charge < -0.3 is 18.6 Å². The van der Waals surface area contributed by atoms with Crippen molar-refractivity contribution in [2.24, 2.45) is 0 Å². The van der Waals surface area contributed by atoms with Crippen LogP contribution in [0.15, 0.2) is 21.3 Å². The predicted molar refractivity (Wildman–Crippen MR) is 89.8 cm³/mol. The quantitative estimate of drug-likeness (QED) is 0.603. The average molecular weight is 348 g/mol. The van der Waals surface area contributed by atoms with E-state index in [0.29, 0.717) is 27.8 Å². The van der Waals surface area contributed by atoms with Crippen molar-refractivity contribution in [3.05, 3.63) is 39.2 Å². The number of carbonyl (C=O) groups is 2. The molecule has 0 amide bonds. The Labute approximate surface area is 144 Å². The van der Waals surface area contributed by atoms with Gasteiger partial charge in [0, 0.05) is 10.9 Å². The summed E-state index contributed by atoms with van der Waals surface area (Å²) in [7, 11) is 2.54. The molecule has 1 aromatic carbocycles. The van der Waals surface area contributed by atoms with Crippen molar-refractivity contribution in [2.75, 3.05) is 14.2 Å². The summed E-state index contributed by atoms with van der Waals surface area (Å²) in [6, 6.07) is 3.41. The van der Waals surface area contributed by atoms with Gasteiger partial charge in [0.05, 0.1) is 26.2 Å². The lowest BCUT2D eigenvalue weighted by molar-refractivity contribution is -0.148. The molecule has 0 N–H and O–H groups in total. The van der Waals surface area contributed by atoms with Crippen molar-refractivity contribution in [3.8, 4) is 5.75 Å². The van der Waals surface area contributed by atoms with Gasteiger partial charge in [-0.15, -0.1) is 0 Å². The molecule has 2 rings (SSSR count). The van der Waals surface area contributed by atoms with E-state index in [-0.39, 0.29) is 12.0 Å². The zero-order valence-corrected chi connectivity index (χ0v) is 14.8. The molecular weight excluding hydrogens is 328 g/mol. The molecule has 0 aliphatic rings. The molecule has 0 spiro atoms. The first-order valence-electron chi connectivity index (χ1n) is 7.67. The van der Waals surface area contributed by atoms with Crippen LogP contribution in [0.4, 0.5) is 0 Å². The van der Waals surface area contributed by atoms with E-state index in [2.05, 4.69) is 9.47 Å². The van der Waals surface area contributed by atoms with E-state index in [4.69, 9.17) is 9.15 Å². The van der Waals surface area contributed by atoms with Gasteiger partial charge in [-0.25, -0.2) is 9.59 Å². The Morgan fingerprint density at radius 2 is 1.80 bits per heavy atom. The van der Waals surface area contributed by atoms with Crippen LogP contribution in [-0.2, 0) is 25.5 Å². The van der Waals surface area contributed by atoms with Gasteiger partial charge in [-0.3, -0.25) is 4.79 Å². The van der Waals surface area contributed by atoms with Gasteiger partial charge >= 0.3 is 17.6 Å². The number of methoxy groups -OCH3 is 2. The molecule has 0 aliphatic heterocycles. The van der Waals surface area contributed by atoms with Crippen LogP contribution in [-0.4, -0.2) is 32.3 Å². The van der Waals surface area contributed by atoms with Gasteiger partial charge in [-0.1, -0.05) is 0 Å². The van der Waals surface area contributed by atoms with Gasteiger partial charge in [0.1, 0.15) is 11.3 Å². The molecule has 0 saturated carbocycles. The maximum atomic E-state index is 12.3. The Bertz CT molecular complexity index is 879. The summed E-state index contributed by atoms with van der Waals surface area (Å²) in [6.07, 6.45) is -0.954. The number of ether oxygens (including phenoxy) is 3. The van der Waals surface area contributed by atoms with Crippen LogP contribution in [0.25, 0.3) is 11.0 Å². The first-order valence-corrected chi connectivity index (χ1v) is 7.67. The minimum Gasteiger partial charge on any atom is -0.479 e. The molecule has 0 aliphatic carbocycles. The highest BCUT2D eigenvalue weighted by atomic mass is 16.6. The van der Waals surface area contributed by atoms with Crippen molar-refractivity contribution in [3.63, 3.8) is 0 Å². The second kappa shape index (κ2) is 7.38. The topological polar surface area (TPSA) is 92.0 Å². The number of aryl methyl sites for hydroxylation is 2. The third-order valence-electron chi connectivity index (χ3n) is 4.04. The molecule has 0 fully saturated rings. The van der Waals surface area contributed by atoms with Crippen molar-refractivity contribution in [2.45, 2.75) is 33.3 Å². The van der Waals surface area contributed by atoms with Crippen LogP contribution in [0.1, 0.15) is 23.6 Å². The standard InChI is InChI=1S/C18H20O7/c1-9-12-6-7-14(24-11(3)17(20)23-5)10(2)16(12)25-18(21)13(9)8-15(19)22-4/h6-7,11H,8H2,1-5H3. The molecule has 7 nitrogen and oxygen atoms in total. The van der Waals surface area contributed by atoms with Crippen LogP contribution < -0.4 is 10.4 Å². The smallest absolute Gasteiger partial charge is 0.346 e. The largest absolute Gasteiger partial charge is 0.479 e. The molecule has 1 unspecified atom stereocenters. The van der Waals surface area contributed by atoms with Gasteiger partial charge in [0.15, 0.2) is 6.10 Å². The normalized spacial score (nSPS) is 11.9. The van der Waals surface area contributed by atoms with Crippen LogP contribution >= 0.6 is 0 Å². The summed E-state index contributed by atoms with van der Waals surface area (Å²) in [5.41, 5.74) is 1.24. The van der Waals surface area contributed by atoms with E-state index in [1.807, 2.05) is 0 Å². The maximum absolute atomic E-state index is 12.3. The van der Waals surface area contributed by atoms with Gasteiger partial charge in [-0.2, -0.15) is 0 Å². The molecule has 0 radical (unpaired) electrons. The second-order valence-corrected chi connectivity index (χ2v) is 5.59. The Hall–Kier alpha value is -2.83. The minimum absolute atomic E-state index is 0.155. The number of hydrogen-bond acceptors (Lipinski definition) is 7. The summed E-state index contributed by atoms with van der Waals surface area (Å²) in [5.74, 6) is -0.613. The minimum atomic E-state index is -0.799. The molecule has 1 atom stereocenters. The lowest BCUT2D eigenvalue weighted by Gasteiger charge is -2.16. The number of rotatable bonds is 5. The van der Waals surface area contributed by atoms with Gasteiger partial charge in [0.2, 0.25) is 0 Å². The Balaban J connectivity index is 2.52. The van der Waals surface area contributed by atoms with E-state index in [0.717, 1.165) is 0 Å². The Morgan fingerprint density at radius 3 is 2.40 bits per heavy atom. The van der Waals surface area contributed by atoms with Crippen molar-refractivity contribution >= 4 is 22.9 Å². The van der Waals surface area contributed by atoms with E-state index >= 15 is 0 Å². The zero-order chi connectivity index (χ0) is 18.7.